The van der Waals surface area contributed by atoms with E-state index in [1.54, 1.807) is 30.3 Å². The van der Waals surface area contributed by atoms with Gasteiger partial charge in [-0.15, -0.1) is 6.58 Å². The summed E-state index contributed by atoms with van der Waals surface area (Å²) in [5.41, 5.74) is 2.61. The summed E-state index contributed by atoms with van der Waals surface area (Å²) >= 11 is 0. The van der Waals surface area contributed by atoms with Crippen molar-refractivity contribution < 1.29 is 23.7 Å². The molecule has 214 valence electrons. The standard InChI is InChI=1S/C35H44O5/c1-4-24-37-25-10-8-6-7-9-11-26-38-32-18-12-29(13-19-32)30-14-22-34(23-15-30)40-35(36)31-16-20-33(21-17-31)39-27-28(3)5-2/h4,12-23,28H,1,5-11,24-27H2,2-3H3. The van der Waals surface area contributed by atoms with Gasteiger partial charge in [0, 0.05) is 6.61 Å². The molecule has 1 unspecified atom stereocenters. The Hall–Kier alpha value is -3.57. The van der Waals surface area contributed by atoms with E-state index in [1.165, 1.54) is 25.7 Å². The topological polar surface area (TPSA) is 54.0 Å². The number of hydrogen-bond donors (Lipinski definition) is 0. The van der Waals surface area contributed by atoms with Crippen LogP contribution >= 0.6 is 0 Å². The molecule has 0 N–H and O–H groups in total. The van der Waals surface area contributed by atoms with Gasteiger partial charge in [0.05, 0.1) is 25.4 Å². The average molecular weight is 545 g/mol. The van der Waals surface area contributed by atoms with Gasteiger partial charge in [-0.3, -0.25) is 0 Å². The third kappa shape index (κ3) is 11.3. The molecule has 40 heavy (non-hydrogen) atoms. The second kappa shape index (κ2) is 17.9. The van der Waals surface area contributed by atoms with E-state index in [9.17, 15) is 4.79 Å². The van der Waals surface area contributed by atoms with Gasteiger partial charge in [-0.2, -0.15) is 0 Å². The summed E-state index contributed by atoms with van der Waals surface area (Å²) in [5, 5.41) is 0. The molecule has 3 aromatic carbocycles. The number of hydrogen-bond acceptors (Lipinski definition) is 5. The molecule has 0 amide bonds. The van der Waals surface area contributed by atoms with E-state index < -0.39 is 5.97 Å². The lowest BCUT2D eigenvalue weighted by atomic mass is 10.1. The Bertz CT molecular complexity index is 1120. The minimum absolute atomic E-state index is 0.392. The highest BCUT2D eigenvalue weighted by Gasteiger charge is 2.10. The van der Waals surface area contributed by atoms with Crippen LogP contribution in [0.5, 0.6) is 17.2 Å². The molecule has 0 aliphatic rings. The first-order valence-electron chi connectivity index (χ1n) is 14.6. The quantitative estimate of drug-likeness (QED) is 0.0653. The second-order valence-corrected chi connectivity index (χ2v) is 10.1. The minimum atomic E-state index is -0.392. The molecule has 0 fully saturated rings. The van der Waals surface area contributed by atoms with Crippen molar-refractivity contribution in [3.05, 3.63) is 91.0 Å². The van der Waals surface area contributed by atoms with Crippen LogP contribution in [0.25, 0.3) is 11.1 Å². The number of ether oxygens (including phenoxy) is 4. The molecule has 5 heteroatoms. The highest BCUT2D eigenvalue weighted by Crippen LogP contribution is 2.25. The maximum Gasteiger partial charge on any atom is 0.343 e. The van der Waals surface area contributed by atoms with Crippen LogP contribution < -0.4 is 14.2 Å². The molecule has 0 saturated heterocycles. The van der Waals surface area contributed by atoms with Gasteiger partial charge in [-0.05, 0) is 78.4 Å². The molecule has 3 rings (SSSR count). The number of unbranched alkanes of at least 4 members (excludes halogenated alkanes) is 5. The molecule has 1 atom stereocenters. The van der Waals surface area contributed by atoms with E-state index >= 15 is 0 Å². The molecule has 0 bridgehead atoms. The lowest BCUT2D eigenvalue weighted by Gasteiger charge is -2.11. The van der Waals surface area contributed by atoms with Crippen molar-refractivity contribution in [3.63, 3.8) is 0 Å². The van der Waals surface area contributed by atoms with E-state index in [1.807, 2.05) is 36.4 Å². The van der Waals surface area contributed by atoms with Gasteiger partial charge in [-0.25, -0.2) is 4.79 Å². The predicted octanol–water partition coefficient (Wildman–Crippen LogP) is 8.92. The van der Waals surface area contributed by atoms with Crippen LogP contribution in [0.15, 0.2) is 85.5 Å². The van der Waals surface area contributed by atoms with Crippen molar-refractivity contribution in [2.45, 2.75) is 58.8 Å². The first-order chi connectivity index (χ1) is 19.6. The summed E-state index contributed by atoms with van der Waals surface area (Å²) in [6.07, 6.45) is 9.90. The zero-order chi connectivity index (χ0) is 28.4. The highest BCUT2D eigenvalue weighted by atomic mass is 16.5. The van der Waals surface area contributed by atoms with Crippen LogP contribution in [0, 0.1) is 5.92 Å². The molecular weight excluding hydrogens is 500 g/mol. The summed E-state index contributed by atoms with van der Waals surface area (Å²) < 4.78 is 22.6. The summed E-state index contributed by atoms with van der Waals surface area (Å²) in [7, 11) is 0. The molecule has 0 aliphatic heterocycles. The molecule has 5 nitrogen and oxygen atoms in total. The van der Waals surface area contributed by atoms with E-state index in [0.29, 0.717) is 30.4 Å². The number of benzene rings is 3. The predicted molar refractivity (Wildman–Crippen MR) is 162 cm³/mol. The fourth-order valence-corrected chi connectivity index (χ4v) is 4.04. The van der Waals surface area contributed by atoms with Crippen LogP contribution in [0.3, 0.4) is 0 Å². The minimum Gasteiger partial charge on any atom is -0.494 e. The Morgan fingerprint density at radius 2 is 1.25 bits per heavy atom. The summed E-state index contributed by atoms with van der Waals surface area (Å²) in [6.45, 7) is 10.8. The monoisotopic (exact) mass is 544 g/mol. The maximum absolute atomic E-state index is 12.6. The smallest absolute Gasteiger partial charge is 0.343 e. The van der Waals surface area contributed by atoms with Crippen LogP contribution in [0.2, 0.25) is 0 Å². The number of carbonyl (C=O) groups is 1. The van der Waals surface area contributed by atoms with Crippen molar-refractivity contribution in [2.75, 3.05) is 26.4 Å². The molecular formula is C35H44O5. The summed E-state index contributed by atoms with van der Waals surface area (Å²) in [5.74, 6) is 2.24. The van der Waals surface area contributed by atoms with Crippen LogP contribution in [-0.4, -0.2) is 32.4 Å². The lowest BCUT2D eigenvalue weighted by molar-refractivity contribution is 0.0734. The van der Waals surface area contributed by atoms with Gasteiger partial charge in [0.1, 0.15) is 17.2 Å². The zero-order valence-electron chi connectivity index (χ0n) is 24.1. The number of carbonyl (C=O) groups excluding carboxylic acids is 1. The van der Waals surface area contributed by atoms with Crippen LogP contribution in [0.1, 0.15) is 69.2 Å². The molecule has 3 aromatic rings. The van der Waals surface area contributed by atoms with E-state index in [0.717, 1.165) is 55.1 Å². The molecule has 0 spiro atoms. The Labute approximate surface area is 240 Å². The Balaban J connectivity index is 1.36. The fraction of sp³-hybridized carbons (Fsp3) is 0.400. The second-order valence-electron chi connectivity index (χ2n) is 10.1. The Kier molecular flexibility index (Phi) is 13.9. The maximum atomic E-state index is 12.6. The zero-order valence-corrected chi connectivity index (χ0v) is 24.1. The Morgan fingerprint density at radius 3 is 1.85 bits per heavy atom. The van der Waals surface area contributed by atoms with Gasteiger partial charge in [0.15, 0.2) is 0 Å². The van der Waals surface area contributed by atoms with Crippen LogP contribution in [-0.2, 0) is 4.74 Å². The van der Waals surface area contributed by atoms with E-state index in [2.05, 4.69) is 32.6 Å². The van der Waals surface area contributed by atoms with Gasteiger partial charge in [-0.1, -0.05) is 76.3 Å². The number of rotatable bonds is 19. The first-order valence-corrected chi connectivity index (χ1v) is 14.6. The van der Waals surface area contributed by atoms with Gasteiger partial charge in [0.25, 0.3) is 0 Å². The molecule has 0 heterocycles. The first kappa shape index (κ1) is 31.0. The molecule has 0 saturated carbocycles. The van der Waals surface area contributed by atoms with Crippen LogP contribution in [0.4, 0.5) is 0 Å². The highest BCUT2D eigenvalue weighted by molar-refractivity contribution is 5.91. The van der Waals surface area contributed by atoms with Crippen molar-refractivity contribution >= 4 is 5.97 Å². The SMILES string of the molecule is C=CCOCCCCCCCCOc1ccc(-c2ccc(OC(=O)c3ccc(OCC(C)CC)cc3)cc2)cc1. The van der Waals surface area contributed by atoms with Crippen molar-refractivity contribution in [1.82, 2.24) is 0 Å². The van der Waals surface area contributed by atoms with Gasteiger partial charge < -0.3 is 18.9 Å². The van der Waals surface area contributed by atoms with E-state index in [-0.39, 0.29) is 0 Å². The lowest BCUT2D eigenvalue weighted by Crippen LogP contribution is -2.09. The van der Waals surface area contributed by atoms with Crippen molar-refractivity contribution in [3.8, 4) is 28.4 Å². The van der Waals surface area contributed by atoms with Gasteiger partial charge in [0.2, 0.25) is 0 Å². The Morgan fingerprint density at radius 1 is 0.725 bits per heavy atom. The van der Waals surface area contributed by atoms with Gasteiger partial charge >= 0.3 is 5.97 Å². The normalized spacial score (nSPS) is 11.6. The number of esters is 1. The summed E-state index contributed by atoms with van der Waals surface area (Å²) in [4.78, 5) is 12.6. The molecule has 0 aromatic heterocycles. The molecule has 0 radical (unpaired) electrons. The third-order valence-electron chi connectivity index (χ3n) is 6.76. The van der Waals surface area contributed by atoms with Crippen molar-refractivity contribution in [2.24, 2.45) is 5.92 Å². The third-order valence-corrected chi connectivity index (χ3v) is 6.76. The van der Waals surface area contributed by atoms with Crippen molar-refractivity contribution in [1.29, 1.82) is 0 Å². The fourth-order valence-electron chi connectivity index (χ4n) is 4.04. The summed E-state index contributed by atoms with van der Waals surface area (Å²) in [6, 6.07) is 22.7. The van der Waals surface area contributed by atoms with E-state index in [4.69, 9.17) is 18.9 Å². The largest absolute Gasteiger partial charge is 0.494 e. The molecule has 0 aliphatic carbocycles. The average Bonchev–Trinajstić information content (AvgIpc) is 2.99.